The molecule has 0 aliphatic heterocycles. The van der Waals surface area contributed by atoms with Crippen molar-refractivity contribution in [1.29, 1.82) is 0 Å². The van der Waals surface area contributed by atoms with E-state index in [1.807, 2.05) is 13.8 Å². The molecule has 0 aliphatic rings. The second kappa shape index (κ2) is 9.18. The number of hydrogen-bond acceptors (Lipinski definition) is 2. The van der Waals surface area contributed by atoms with Crippen molar-refractivity contribution in [3.8, 4) is 0 Å². The van der Waals surface area contributed by atoms with E-state index in [0.29, 0.717) is 6.42 Å². The van der Waals surface area contributed by atoms with Crippen LogP contribution in [0.1, 0.15) is 72.6 Å². The van der Waals surface area contributed by atoms with Crippen LogP contribution in [0.4, 0.5) is 0 Å². The van der Waals surface area contributed by atoms with E-state index in [1.54, 1.807) is 6.08 Å². The van der Waals surface area contributed by atoms with Gasteiger partial charge in [-0.25, -0.2) is 0 Å². The molecule has 0 N–H and O–H groups in total. The van der Waals surface area contributed by atoms with Crippen LogP contribution in [-0.2, 0) is 9.53 Å². The van der Waals surface area contributed by atoms with E-state index in [4.69, 9.17) is 4.74 Å². The van der Waals surface area contributed by atoms with Crippen LogP contribution in [0, 0.1) is 5.41 Å². The number of carbonyl (C=O) groups is 1. The van der Waals surface area contributed by atoms with Gasteiger partial charge >= 0.3 is 5.97 Å². The maximum Gasteiger partial charge on any atom is 0.312 e. The molecule has 0 rings (SSSR count). The van der Waals surface area contributed by atoms with Gasteiger partial charge in [0.25, 0.3) is 0 Å². The Hall–Kier alpha value is -0.790. The summed E-state index contributed by atoms with van der Waals surface area (Å²) >= 11 is 0. The van der Waals surface area contributed by atoms with E-state index < -0.39 is 5.41 Å². The number of carbonyl (C=O) groups excluding carboxylic acids is 1. The first kappa shape index (κ1) is 17.2. The van der Waals surface area contributed by atoms with Crippen LogP contribution in [0.15, 0.2) is 12.7 Å². The first-order valence-corrected chi connectivity index (χ1v) is 7.29. The van der Waals surface area contributed by atoms with Crippen molar-refractivity contribution in [2.45, 2.75) is 78.7 Å². The molecular formula is C16H30O2. The third-order valence-electron chi connectivity index (χ3n) is 3.32. The van der Waals surface area contributed by atoms with Crippen LogP contribution in [0.25, 0.3) is 0 Å². The van der Waals surface area contributed by atoms with Gasteiger partial charge in [0, 0.05) is 0 Å². The number of unbranched alkanes of at least 4 members (excludes halogenated alkanes) is 3. The molecule has 0 aromatic heterocycles. The fourth-order valence-corrected chi connectivity index (χ4v) is 1.90. The van der Waals surface area contributed by atoms with Gasteiger partial charge in [0.15, 0.2) is 0 Å². The van der Waals surface area contributed by atoms with Gasteiger partial charge in [-0.2, -0.15) is 0 Å². The molecule has 0 aromatic carbocycles. The van der Waals surface area contributed by atoms with Crippen LogP contribution in [0.5, 0.6) is 0 Å². The summed E-state index contributed by atoms with van der Waals surface area (Å²) in [6.45, 7) is 11.8. The van der Waals surface area contributed by atoms with Gasteiger partial charge in [-0.3, -0.25) is 4.79 Å². The van der Waals surface area contributed by atoms with Crippen molar-refractivity contribution < 1.29 is 9.53 Å². The first-order valence-electron chi connectivity index (χ1n) is 7.29. The maximum absolute atomic E-state index is 12.0. The molecule has 0 amide bonds. The highest BCUT2D eigenvalue weighted by Gasteiger charge is 2.29. The molecule has 2 nitrogen and oxygen atoms in total. The number of esters is 1. The topological polar surface area (TPSA) is 26.3 Å². The number of rotatable bonds is 10. The zero-order valence-electron chi connectivity index (χ0n) is 12.6. The summed E-state index contributed by atoms with van der Waals surface area (Å²) in [5.74, 6) is -0.0928. The van der Waals surface area contributed by atoms with Gasteiger partial charge in [0.1, 0.15) is 6.10 Å². The van der Waals surface area contributed by atoms with Crippen LogP contribution in [-0.4, -0.2) is 12.1 Å². The molecule has 0 spiro atoms. The van der Waals surface area contributed by atoms with Crippen molar-refractivity contribution in [1.82, 2.24) is 0 Å². The fourth-order valence-electron chi connectivity index (χ4n) is 1.90. The smallest absolute Gasteiger partial charge is 0.312 e. The van der Waals surface area contributed by atoms with E-state index in [1.165, 1.54) is 19.3 Å². The molecule has 0 bridgehead atoms. The summed E-state index contributed by atoms with van der Waals surface area (Å²) in [6.07, 6.45) is 9.33. The molecule has 0 fully saturated rings. The number of allylic oxidation sites excluding steroid dienone is 1. The predicted molar refractivity (Wildman–Crippen MR) is 77.5 cm³/mol. The molecule has 1 atom stereocenters. The zero-order chi connectivity index (χ0) is 14.0. The largest absolute Gasteiger partial charge is 0.462 e. The van der Waals surface area contributed by atoms with E-state index in [0.717, 1.165) is 19.3 Å². The van der Waals surface area contributed by atoms with Gasteiger partial charge in [-0.15, -0.1) is 6.58 Å². The lowest BCUT2D eigenvalue weighted by atomic mass is 9.89. The molecule has 0 heterocycles. The Morgan fingerprint density at radius 2 is 1.94 bits per heavy atom. The van der Waals surface area contributed by atoms with Crippen LogP contribution in [0.3, 0.4) is 0 Å². The summed E-state index contributed by atoms with van der Waals surface area (Å²) in [6, 6.07) is 0. The molecule has 18 heavy (non-hydrogen) atoms. The third kappa shape index (κ3) is 6.83. The Morgan fingerprint density at radius 3 is 2.44 bits per heavy atom. The van der Waals surface area contributed by atoms with Crippen molar-refractivity contribution in [3.63, 3.8) is 0 Å². The van der Waals surface area contributed by atoms with E-state index >= 15 is 0 Å². The lowest BCUT2D eigenvalue weighted by molar-refractivity contribution is -0.160. The predicted octanol–water partition coefficient (Wildman–Crippen LogP) is 4.88. The van der Waals surface area contributed by atoms with E-state index in [-0.39, 0.29) is 12.1 Å². The highest BCUT2D eigenvalue weighted by atomic mass is 16.5. The Balaban J connectivity index is 4.10. The lowest BCUT2D eigenvalue weighted by Gasteiger charge is -2.25. The Morgan fingerprint density at radius 1 is 1.28 bits per heavy atom. The fraction of sp³-hybridized carbons (Fsp3) is 0.812. The highest BCUT2D eigenvalue weighted by Crippen LogP contribution is 2.24. The van der Waals surface area contributed by atoms with Gasteiger partial charge in [-0.1, -0.05) is 39.2 Å². The Kier molecular flexibility index (Phi) is 8.78. The normalized spacial score (nSPS) is 13.1. The molecule has 0 aliphatic carbocycles. The van der Waals surface area contributed by atoms with Crippen LogP contribution < -0.4 is 0 Å². The summed E-state index contributed by atoms with van der Waals surface area (Å²) in [7, 11) is 0. The van der Waals surface area contributed by atoms with Gasteiger partial charge in [0.05, 0.1) is 5.41 Å². The second-order valence-electron chi connectivity index (χ2n) is 5.66. The minimum absolute atomic E-state index is 0.0819. The molecule has 0 aromatic rings. The number of ether oxygens (including phenoxy) is 1. The van der Waals surface area contributed by atoms with E-state index in [9.17, 15) is 4.79 Å². The molecule has 0 saturated heterocycles. The van der Waals surface area contributed by atoms with Crippen molar-refractivity contribution in [2.75, 3.05) is 0 Å². The van der Waals surface area contributed by atoms with Gasteiger partial charge in [0.2, 0.25) is 0 Å². The molecule has 0 saturated carbocycles. The lowest BCUT2D eigenvalue weighted by Crippen LogP contribution is -2.30. The summed E-state index contributed by atoms with van der Waals surface area (Å²) in [4.78, 5) is 12.0. The van der Waals surface area contributed by atoms with Crippen LogP contribution >= 0.6 is 0 Å². The molecule has 1 unspecified atom stereocenters. The maximum atomic E-state index is 12.0. The Bertz CT molecular complexity index is 243. The Labute approximate surface area is 113 Å². The minimum atomic E-state index is -0.446. The summed E-state index contributed by atoms with van der Waals surface area (Å²) in [5, 5.41) is 0. The SMILES string of the molecule is C=CCC(C)(C)C(=O)OC(CC)CCCCCC. The average Bonchev–Trinajstić information content (AvgIpc) is 2.32. The summed E-state index contributed by atoms with van der Waals surface area (Å²) < 4.78 is 5.61. The quantitative estimate of drug-likeness (QED) is 0.315. The second-order valence-corrected chi connectivity index (χ2v) is 5.66. The molecular weight excluding hydrogens is 224 g/mol. The minimum Gasteiger partial charge on any atom is -0.462 e. The van der Waals surface area contributed by atoms with Crippen molar-refractivity contribution >= 4 is 5.97 Å². The van der Waals surface area contributed by atoms with Crippen molar-refractivity contribution in [3.05, 3.63) is 12.7 Å². The van der Waals surface area contributed by atoms with Gasteiger partial charge in [-0.05, 0) is 39.5 Å². The highest BCUT2D eigenvalue weighted by molar-refractivity contribution is 5.76. The molecule has 106 valence electrons. The first-order chi connectivity index (χ1) is 8.47. The summed E-state index contributed by atoms with van der Waals surface area (Å²) in [5.41, 5.74) is -0.446. The molecule has 2 heteroatoms. The van der Waals surface area contributed by atoms with Gasteiger partial charge < -0.3 is 4.74 Å². The van der Waals surface area contributed by atoms with E-state index in [2.05, 4.69) is 20.4 Å². The zero-order valence-corrected chi connectivity index (χ0v) is 12.6. The third-order valence-corrected chi connectivity index (χ3v) is 3.32. The molecule has 0 radical (unpaired) electrons. The van der Waals surface area contributed by atoms with Crippen molar-refractivity contribution in [2.24, 2.45) is 5.41 Å². The standard InChI is InChI=1S/C16H30O2/c1-6-9-10-11-12-14(8-3)18-15(17)16(4,5)13-7-2/h7,14H,2,6,8-13H2,1,3-5H3. The number of hydrogen-bond donors (Lipinski definition) is 0. The average molecular weight is 254 g/mol. The van der Waals surface area contributed by atoms with Crippen LogP contribution in [0.2, 0.25) is 0 Å². The monoisotopic (exact) mass is 254 g/mol.